The second-order valence-electron chi connectivity index (χ2n) is 6.15. The second kappa shape index (κ2) is 10.4. The minimum atomic E-state index is -0.555. The number of halogens is 1. The number of amides is 1. The van der Waals surface area contributed by atoms with Gasteiger partial charge in [-0.2, -0.15) is 0 Å². The number of hydrogen-bond donors (Lipinski definition) is 2. The lowest BCUT2D eigenvalue weighted by Crippen LogP contribution is -2.41. The lowest BCUT2D eigenvalue weighted by molar-refractivity contribution is -0.125. The van der Waals surface area contributed by atoms with E-state index in [9.17, 15) is 9.59 Å². The zero-order valence-electron chi connectivity index (χ0n) is 15.8. The van der Waals surface area contributed by atoms with E-state index in [-0.39, 0.29) is 24.3 Å². The van der Waals surface area contributed by atoms with Crippen LogP contribution in [0.4, 0.5) is 5.13 Å². The molecule has 8 heteroatoms. The van der Waals surface area contributed by atoms with Gasteiger partial charge in [-0.15, -0.1) is 23.7 Å². The lowest BCUT2D eigenvalue weighted by Gasteiger charge is -2.27. The molecule has 1 heterocycles. The third kappa shape index (κ3) is 5.51. The molecule has 0 unspecified atom stereocenters. The van der Waals surface area contributed by atoms with Gasteiger partial charge < -0.3 is 15.8 Å². The molecule has 6 nitrogen and oxygen atoms in total. The fourth-order valence-electron chi connectivity index (χ4n) is 2.76. The van der Waals surface area contributed by atoms with E-state index >= 15 is 0 Å². The Hall–Kier alpha value is -1.96. The van der Waals surface area contributed by atoms with Crippen molar-refractivity contribution in [1.29, 1.82) is 0 Å². The standard InChI is InChI=1S/C19H25N3O3S.ClH/c1-4-19(5-2,12-20)17(24)22-18-21-11-15(26-18)10-13-7-6-8-14(9-13)16(23)25-3;/h6-9,11H,4-5,10,12,20H2,1-3H3,(H,21,22,24);1H. The Bertz CT molecular complexity index is 767. The van der Waals surface area contributed by atoms with Gasteiger partial charge in [0.15, 0.2) is 5.13 Å². The highest BCUT2D eigenvalue weighted by molar-refractivity contribution is 7.15. The Labute approximate surface area is 169 Å². The first-order valence-electron chi connectivity index (χ1n) is 8.61. The van der Waals surface area contributed by atoms with Crippen molar-refractivity contribution in [2.45, 2.75) is 33.1 Å². The SMILES string of the molecule is CCC(CC)(CN)C(=O)Nc1ncc(Cc2cccc(C(=O)OC)c2)s1.Cl. The van der Waals surface area contributed by atoms with Gasteiger partial charge in [-0.1, -0.05) is 26.0 Å². The number of hydrogen-bond acceptors (Lipinski definition) is 6. The normalized spacial score (nSPS) is 10.8. The highest BCUT2D eigenvalue weighted by Gasteiger charge is 2.33. The summed E-state index contributed by atoms with van der Waals surface area (Å²) >= 11 is 1.42. The molecule has 1 amide bonds. The van der Waals surface area contributed by atoms with Gasteiger partial charge in [0.05, 0.1) is 18.1 Å². The molecular formula is C19H26ClN3O3S. The summed E-state index contributed by atoms with van der Waals surface area (Å²) in [5, 5.41) is 3.46. The molecule has 0 aliphatic carbocycles. The summed E-state index contributed by atoms with van der Waals surface area (Å²) in [5.74, 6) is -0.444. The van der Waals surface area contributed by atoms with Gasteiger partial charge in [-0.25, -0.2) is 9.78 Å². The summed E-state index contributed by atoms with van der Waals surface area (Å²) in [6.45, 7) is 4.25. The van der Waals surface area contributed by atoms with Crippen LogP contribution in [0.3, 0.4) is 0 Å². The van der Waals surface area contributed by atoms with Gasteiger partial charge in [0, 0.05) is 24.0 Å². The van der Waals surface area contributed by atoms with Crippen LogP contribution in [0.1, 0.15) is 47.5 Å². The van der Waals surface area contributed by atoms with Crippen LogP contribution in [0.2, 0.25) is 0 Å². The molecule has 0 bridgehead atoms. The average Bonchev–Trinajstić information content (AvgIpc) is 3.10. The molecule has 0 atom stereocenters. The maximum absolute atomic E-state index is 12.6. The summed E-state index contributed by atoms with van der Waals surface area (Å²) in [6, 6.07) is 7.29. The van der Waals surface area contributed by atoms with Crippen LogP contribution >= 0.6 is 23.7 Å². The highest BCUT2D eigenvalue weighted by Crippen LogP contribution is 2.28. The van der Waals surface area contributed by atoms with Crippen molar-refractivity contribution in [3.8, 4) is 0 Å². The van der Waals surface area contributed by atoms with Crippen LogP contribution in [0.25, 0.3) is 0 Å². The molecule has 2 aromatic rings. The molecule has 27 heavy (non-hydrogen) atoms. The monoisotopic (exact) mass is 411 g/mol. The van der Waals surface area contributed by atoms with Gasteiger partial charge >= 0.3 is 5.97 Å². The zero-order chi connectivity index (χ0) is 19.2. The first kappa shape index (κ1) is 23.1. The number of nitrogens with two attached hydrogens (primary N) is 1. The van der Waals surface area contributed by atoms with E-state index in [4.69, 9.17) is 10.5 Å². The Balaban J connectivity index is 0.00000364. The van der Waals surface area contributed by atoms with Gasteiger partial charge in [-0.3, -0.25) is 4.79 Å². The molecule has 0 aliphatic rings. The molecule has 0 fully saturated rings. The third-order valence-electron chi connectivity index (χ3n) is 4.73. The van der Waals surface area contributed by atoms with Crippen molar-refractivity contribution < 1.29 is 14.3 Å². The molecule has 0 saturated carbocycles. The molecule has 2 rings (SSSR count). The quantitative estimate of drug-likeness (QED) is 0.646. The van der Waals surface area contributed by atoms with E-state index in [0.717, 1.165) is 10.4 Å². The summed E-state index contributed by atoms with van der Waals surface area (Å²) in [4.78, 5) is 29.5. The smallest absolute Gasteiger partial charge is 0.337 e. The number of anilines is 1. The van der Waals surface area contributed by atoms with Gasteiger partial charge in [0.1, 0.15) is 0 Å². The molecule has 1 aromatic carbocycles. The molecule has 0 radical (unpaired) electrons. The Morgan fingerprint density at radius 2 is 2.00 bits per heavy atom. The van der Waals surface area contributed by atoms with E-state index in [1.165, 1.54) is 18.4 Å². The van der Waals surface area contributed by atoms with Crippen molar-refractivity contribution in [3.05, 3.63) is 46.5 Å². The number of ether oxygens (including phenoxy) is 1. The number of aromatic nitrogens is 1. The molecule has 0 saturated heterocycles. The molecule has 0 aliphatic heterocycles. The fourth-order valence-corrected chi connectivity index (χ4v) is 3.60. The Morgan fingerprint density at radius 3 is 2.59 bits per heavy atom. The zero-order valence-corrected chi connectivity index (χ0v) is 17.4. The van der Waals surface area contributed by atoms with Crippen LogP contribution < -0.4 is 11.1 Å². The number of thiazole rings is 1. The maximum Gasteiger partial charge on any atom is 0.337 e. The minimum Gasteiger partial charge on any atom is -0.465 e. The second-order valence-corrected chi connectivity index (χ2v) is 7.26. The molecule has 0 spiro atoms. The predicted octanol–water partition coefficient (Wildman–Crippen LogP) is 3.65. The van der Waals surface area contributed by atoms with Crippen molar-refractivity contribution in [2.75, 3.05) is 19.0 Å². The number of rotatable bonds is 8. The number of carbonyl (C=O) groups excluding carboxylic acids is 2. The number of benzene rings is 1. The van der Waals surface area contributed by atoms with Gasteiger partial charge in [-0.05, 0) is 30.5 Å². The number of esters is 1. The Kier molecular flexibility index (Phi) is 8.88. The topological polar surface area (TPSA) is 94.3 Å². The molecule has 1 aromatic heterocycles. The Morgan fingerprint density at radius 1 is 1.30 bits per heavy atom. The summed E-state index contributed by atoms with van der Waals surface area (Å²) in [5.41, 5.74) is 6.77. The summed E-state index contributed by atoms with van der Waals surface area (Å²) in [7, 11) is 1.36. The van der Waals surface area contributed by atoms with Crippen LogP contribution in [0.5, 0.6) is 0 Å². The molecular weight excluding hydrogens is 386 g/mol. The van der Waals surface area contributed by atoms with E-state index in [1.807, 2.05) is 26.0 Å². The van der Waals surface area contributed by atoms with Crippen molar-refractivity contribution in [3.63, 3.8) is 0 Å². The van der Waals surface area contributed by atoms with Crippen molar-refractivity contribution >= 4 is 40.8 Å². The number of carbonyl (C=O) groups is 2. The van der Waals surface area contributed by atoms with Crippen LogP contribution in [0.15, 0.2) is 30.5 Å². The maximum atomic E-state index is 12.6. The number of nitrogens with zero attached hydrogens (tertiary/aromatic N) is 1. The van der Waals surface area contributed by atoms with Crippen LogP contribution in [-0.2, 0) is 16.0 Å². The first-order valence-corrected chi connectivity index (χ1v) is 9.43. The minimum absolute atomic E-state index is 0. The third-order valence-corrected chi connectivity index (χ3v) is 5.64. The fraction of sp³-hybridized carbons (Fsp3) is 0.421. The van der Waals surface area contributed by atoms with Crippen LogP contribution in [-0.4, -0.2) is 30.5 Å². The van der Waals surface area contributed by atoms with E-state index < -0.39 is 5.41 Å². The largest absolute Gasteiger partial charge is 0.465 e. The average molecular weight is 412 g/mol. The van der Waals surface area contributed by atoms with Crippen molar-refractivity contribution in [1.82, 2.24) is 4.98 Å². The summed E-state index contributed by atoms with van der Waals surface area (Å²) in [6.07, 6.45) is 3.74. The number of nitrogens with one attached hydrogen (secondary N) is 1. The van der Waals surface area contributed by atoms with Gasteiger partial charge in [0.2, 0.25) is 5.91 Å². The predicted molar refractivity (Wildman–Crippen MR) is 111 cm³/mol. The highest BCUT2D eigenvalue weighted by atomic mass is 35.5. The van der Waals surface area contributed by atoms with E-state index in [0.29, 0.717) is 36.5 Å². The molecule has 3 N–H and O–H groups in total. The summed E-state index contributed by atoms with van der Waals surface area (Å²) < 4.78 is 4.75. The van der Waals surface area contributed by atoms with Crippen LogP contribution in [0, 0.1) is 5.41 Å². The van der Waals surface area contributed by atoms with E-state index in [1.54, 1.807) is 18.3 Å². The van der Waals surface area contributed by atoms with E-state index in [2.05, 4.69) is 10.3 Å². The number of methoxy groups -OCH3 is 1. The lowest BCUT2D eigenvalue weighted by atomic mass is 9.81. The van der Waals surface area contributed by atoms with Crippen molar-refractivity contribution in [2.24, 2.45) is 11.1 Å². The molecule has 148 valence electrons. The first-order chi connectivity index (χ1) is 12.5. The van der Waals surface area contributed by atoms with Gasteiger partial charge in [0.25, 0.3) is 0 Å².